The average Bonchev–Trinajstić information content (AvgIpc) is 2.28. The largest absolute Gasteiger partial charge is 0.491 e. The summed E-state index contributed by atoms with van der Waals surface area (Å²) < 4.78 is 21.4. The first-order chi connectivity index (χ1) is 7.98. The van der Waals surface area contributed by atoms with E-state index in [0.717, 1.165) is 17.2 Å². The van der Waals surface area contributed by atoms with Crippen molar-refractivity contribution < 1.29 is 8.95 Å². The van der Waals surface area contributed by atoms with Crippen molar-refractivity contribution in [3.8, 4) is 5.75 Å². The van der Waals surface area contributed by atoms with Crippen molar-refractivity contribution in [2.24, 2.45) is 4.40 Å². The predicted octanol–water partition coefficient (Wildman–Crippen LogP) is 2.12. The van der Waals surface area contributed by atoms with E-state index in [0.29, 0.717) is 13.0 Å². The summed E-state index contributed by atoms with van der Waals surface area (Å²) in [5, 5.41) is 0. The molecule has 0 bridgehead atoms. The molecule has 2 heterocycles. The first-order valence-electron chi connectivity index (χ1n) is 5.56. The van der Waals surface area contributed by atoms with Crippen molar-refractivity contribution in [2.45, 2.75) is 31.9 Å². The molecule has 4 nitrogen and oxygen atoms in total. The highest BCUT2D eigenvalue weighted by Gasteiger charge is 2.23. The molecule has 1 atom stereocenters. The van der Waals surface area contributed by atoms with Crippen LogP contribution in [0.15, 0.2) is 22.7 Å². The highest BCUT2D eigenvalue weighted by atomic mass is 32.2. The van der Waals surface area contributed by atoms with E-state index < -0.39 is 11.0 Å². The lowest BCUT2D eigenvalue weighted by Crippen LogP contribution is -2.24. The van der Waals surface area contributed by atoms with Gasteiger partial charge in [0, 0.05) is 12.6 Å². The predicted molar refractivity (Wildman–Crippen MR) is 68.8 cm³/mol. The van der Waals surface area contributed by atoms with Gasteiger partial charge in [-0.05, 0) is 32.9 Å². The second-order valence-electron chi connectivity index (χ2n) is 4.85. The molecule has 1 aromatic heterocycles. The minimum absolute atomic E-state index is 0.347. The fraction of sp³-hybridized carbons (Fsp3) is 0.500. The zero-order valence-electron chi connectivity index (χ0n) is 10.3. The molecule has 92 valence electrons. The monoisotopic (exact) mass is 252 g/mol. The zero-order valence-corrected chi connectivity index (χ0v) is 11.1. The van der Waals surface area contributed by atoms with Gasteiger partial charge in [0.1, 0.15) is 22.4 Å². The summed E-state index contributed by atoms with van der Waals surface area (Å²) in [5.74, 6) is 0.725. The molecule has 17 heavy (non-hydrogen) atoms. The van der Waals surface area contributed by atoms with E-state index in [1.807, 2.05) is 32.9 Å². The van der Waals surface area contributed by atoms with E-state index in [1.165, 1.54) is 0 Å². The molecule has 0 fully saturated rings. The van der Waals surface area contributed by atoms with Crippen molar-refractivity contribution in [1.82, 2.24) is 4.98 Å². The Labute approximate surface area is 104 Å². The molecular weight excluding hydrogens is 236 g/mol. The van der Waals surface area contributed by atoms with Crippen LogP contribution in [0, 0.1) is 0 Å². The van der Waals surface area contributed by atoms with Crippen LogP contribution in [0.25, 0.3) is 0 Å². The van der Waals surface area contributed by atoms with Crippen LogP contribution < -0.4 is 4.74 Å². The Hall–Kier alpha value is -1.23. The van der Waals surface area contributed by atoms with Gasteiger partial charge >= 0.3 is 0 Å². The highest BCUT2D eigenvalue weighted by molar-refractivity contribution is 7.85. The molecule has 0 aliphatic carbocycles. The van der Waals surface area contributed by atoms with E-state index in [1.54, 1.807) is 6.20 Å². The smallest absolute Gasteiger partial charge is 0.146 e. The second-order valence-corrected chi connectivity index (χ2v) is 6.75. The maximum Gasteiger partial charge on any atom is 0.146 e. The standard InChI is InChI=1S/C12H16N2O2S/c1-12(2,3)17(15)14-9-6-8-16-10-5-4-7-13-11(9)10/h4-5,7H,6,8H2,1-3H3/t17-/m1/s1. The summed E-state index contributed by atoms with van der Waals surface area (Å²) in [5.41, 5.74) is 1.50. The van der Waals surface area contributed by atoms with Gasteiger partial charge in [-0.3, -0.25) is 4.98 Å². The van der Waals surface area contributed by atoms with Gasteiger partial charge in [-0.25, -0.2) is 4.21 Å². The lowest BCUT2D eigenvalue weighted by atomic mass is 10.1. The molecule has 1 aromatic rings. The lowest BCUT2D eigenvalue weighted by molar-refractivity contribution is 0.318. The fourth-order valence-corrected chi connectivity index (χ4v) is 2.08. The van der Waals surface area contributed by atoms with E-state index in [-0.39, 0.29) is 4.75 Å². The van der Waals surface area contributed by atoms with Crippen LogP contribution >= 0.6 is 0 Å². The Balaban J connectivity index is 2.36. The van der Waals surface area contributed by atoms with Gasteiger partial charge < -0.3 is 4.74 Å². The number of fused-ring (bicyclic) bond motifs is 1. The van der Waals surface area contributed by atoms with Crippen molar-refractivity contribution in [2.75, 3.05) is 6.61 Å². The van der Waals surface area contributed by atoms with Crippen LogP contribution in [0.1, 0.15) is 32.9 Å². The number of aromatic nitrogens is 1. The number of rotatable bonds is 1. The molecule has 0 N–H and O–H groups in total. The fourth-order valence-electron chi connectivity index (χ4n) is 1.43. The van der Waals surface area contributed by atoms with Crippen LogP contribution in [0.4, 0.5) is 0 Å². The Morgan fingerprint density at radius 2 is 2.24 bits per heavy atom. The number of hydrogen-bond acceptors (Lipinski definition) is 3. The molecule has 0 spiro atoms. The van der Waals surface area contributed by atoms with Crippen LogP contribution in [0.2, 0.25) is 0 Å². The molecule has 1 aliphatic rings. The molecule has 5 heteroatoms. The second kappa shape index (κ2) is 4.56. The summed E-state index contributed by atoms with van der Waals surface area (Å²) in [7, 11) is -1.25. The van der Waals surface area contributed by atoms with Gasteiger partial charge in [-0.2, -0.15) is 4.40 Å². The van der Waals surface area contributed by atoms with Gasteiger partial charge in [0.2, 0.25) is 0 Å². The third kappa shape index (κ3) is 2.72. The van der Waals surface area contributed by atoms with E-state index in [9.17, 15) is 4.21 Å². The summed E-state index contributed by atoms with van der Waals surface area (Å²) in [6.45, 7) is 6.29. The van der Waals surface area contributed by atoms with E-state index in [2.05, 4.69) is 9.38 Å². The molecule has 2 rings (SSSR count). The topological polar surface area (TPSA) is 51.5 Å². The minimum atomic E-state index is -1.25. The number of pyridine rings is 1. The van der Waals surface area contributed by atoms with E-state index >= 15 is 0 Å². The quantitative estimate of drug-likeness (QED) is 0.769. The number of hydrogen-bond donors (Lipinski definition) is 0. The summed E-state index contributed by atoms with van der Waals surface area (Å²) >= 11 is 0. The van der Waals surface area contributed by atoms with Gasteiger partial charge in [0.25, 0.3) is 0 Å². The summed E-state index contributed by atoms with van der Waals surface area (Å²) in [4.78, 5) is 4.25. The minimum Gasteiger partial charge on any atom is -0.491 e. The first kappa shape index (κ1) is 12.2. The Kier molecular flexibility index (Phi) is 3.28. The Morgan fingerprint density at radius 1 is 1.47 bits per heavy atom. The lowest BCUT2D eigenvalue weighted by Gasteiger charge is -2.19. The van der Waals surface area contributed by atoms with Gasteiger partial charge in [-0.15, -0.1) is 0 Å². The third-order valence-corrected chi connectivity index (χ3v) is 3.79. The molecule has 0 unspecified atom stereocenters. The van der Waals surface area contributed by atoms with Crippen LogP contribution in [0.3, 0.4) is 0 Å². The Bertz CT molecular complexity index is 478. The van der Waals surface area contributed by atoms with Crippen LogP contribution in [-0.2, 0) is 11.0 Å². The van der Waals surface area contributed by atoms with Crippen molar-refractivity contribution in [3.05, 3.63) is 24.0 Å². The maximum absolute atomic E-state index is 12.0. The number of ether oxygens (including phenoxy) is 1. The molecule has 1 aliphatic heterocycles. The third-order valence-electron chi connectivity index (χ3n) is 2.36. The van der Waals surface area contributed by atoms with E-state index in [4.69, 9.17) is 4.74 Å². The normalized spacial score (nSPS) is 19.6. The van der Waals surface area contributed by atoms with Gasteiger partial charge in [0.15, 0.2) is 0 Å². The summed E-state index contributed by atoms with van der Waals surface area (Å²) in [6, 6.07) is 3.68. The molecule has 0 amide bonds. The van der Waals surface area contributed by atoms with Gasteiger partial charge in [-0.1, -0.05) is 0 Å². The molecular formula is C12H16N2O2S. The van der Waals surface area contributed by atoms with Crippen molar-refractivity contribution >= 4 is 16.7 Å². The molecule has 0 aromatic carbocycles. The summed E-state index contributed by atoms with van der Waals surface area (Å²) in [6.07, 6.45) is 2.36. The average molecular weight is 252 g/mol. The molecule has 0 saturated carbocycles. The van der Waals surface area contributed by atoms with Crippen molar-refractivity contribution in [1.29, 1.82) is 0 Å². The molecule has 0 radical (unpaired) electrons. The highest BCUT2D eigenvalue weighted by Crippen LogP contribution is 2.24. The SMILES string of the molecule is CC(C)(C)[S@@](=O)N=C1CCOc2cccnc21. The first-order valence-corrected chi connectivity index (χ1v) is 6.67. The van der Waals surface area contributed by atoms with Crippen molar-refractivity contribution in [3.63, 3.8) is 0 Å². The number of nitrogens with zero attached hydrogens (tertiary/aromatic N) is 2. The zero-order chi connectivity index (χ0) is 12.5. The van der Waals surface area contributed by atoms with Crippen LogP contribution in [-0.4, -0.2) is 26.3 Å². The molecule has 0 saturated heterocycles. The maximum atomic E-state index is 12.0. The van der Waals surface area contributed by atoms with Crippen LogP contribution in [0.5, 0.6) is 5.75 Å². The van der Waals surface area contributed by atoms with Gasteiger partial charge in [0.05, 0.1) is 17.1 Å². The Morgan fingerprint density at radius 3 is 2.94 bits per heavy atom.